The Morgan fingerprint density at radius 3 is 2.46 bits per heavy atom. The highest BCUT2D eigenvalue weighted by atomic mass is 32.1. The third kappa shape index (κ3) is 2.53. The van der Waals surface area contributed by atoms with Gasteiger partial charge in [-0.15, -0.1) is 0 Å². The molecule has 24 heavy (non-hydrogen) atoms. The van der Waals surface area contributed by atoms with E-state index in [0.717, 1.165) is 22.6 Å². The number of thiophene rings is 1. The Hall–Kier alpha value is -2.78. The zero-order valence-electron chi connectivity index (χ0n) is 13.3. The summed E-state index contributed by atoms with van der Waals surface area (Å²) >= 11 is 1.70. The Balaban J connectivity index is 1.97. The fourth-order valence-corrected chi connectivity index (χ4v) is 3.62. The van der Waals surface area contributed by atoms with Gasteiger partial charge in [-0.05, 0) is 46.7 Å². The molecule has 0 spiro atoms. The van der Waals surface area contributed by atoms with E-state index >= 15 is 0 Å². The molecule has 0 aliphatic carbocycles. The van der Waals surface area contributed by atoms with E-state index in [1.807, 2.05) is 18.2 Å². The molecular formula is C21H17NOS. The molecule has 0 aliphatic heterocycles. The van der Waals surface area contributed by atoms with Crippen LogP contribution in [0.4, 0.5) is 0 Å². The molecule has 118 valence electrons. The Kier molecular flexibility index (Phi) is 3.93. The van der Waals surface area contributed by atoms with Crippen LogP contribution in [0.3, 0.4) is 0 Å². The molecule has 2 heterocycles. The molecule has 0 bridgehead atoms. The SMILES string of the molecule is COc1c(/C=C/c2ccsc2)c2ccccc2n1-c1ccccc1. The van der Waals surface area contributed by atoms with E-state index in [9.17, 15) is 0 Å². The summed E-state index contributed by atoms with van der Waals surface area (Å²) in [4.78, 5) is 0. The van der Waals surface area contributed by atoms with Crippen molar-refractivity contribution in [3.63, 3.8) is 0 Å². The van der Waals surface area contributed by atoms with Crippen molar-refractivity contribution in [1.29, 1.82) is 0 Å². The molecule has 0 unspecified atom stereocenters. The van der Waals surface area contributed by atoms with E-state index < -0.39 is 0 Å². The first-order chi connectivity index (χ1) is 11.9. The number of rotatable bonds is 4. The quantitative estimate of drug-likeness (QED) is 0.456. The van der Waals surface area contributed by atoms with Crippen molar-refractivity contribution in [2.75, 3.05) is 7.11 Å². The van der Waals surface area contributed by atoms with Crippen LogP contribution in [0.2, 0.25) is 0 Å². The first-order valence-electron chi connectivity index (χ1n) is 7.81. The number of aromatic nitrogens is 1. The zero-order chi connectivity index (χ0) is 16.4. The molecule has 4 rings (SSSR count). The van der Waals surface area contributed by atoms with Gasteiger partial charge in [-0.25, -0.2) is 0 Å². The summed E-state index contributed by atoms with van der Waals surface area (Å²) in [6.45, 7) is 0. The number of ether oxygens (including phenoxy) is 1. The Bertz CT molecular complexity index is 982. The molecule has 0 radical (unpaired) electrons. The first-order valence-corrected chi connectivity index (χ1v) is 8.76. The summed E-state index contributed by atoms with van der Waals surface area (Å²) in [6.07, 6.45) is 4.28. The smallest absolute Gasteiger partial charge is 0.206 e. The zero-order valence-corrected chi connectivity index (χ0v) is 14.2. The van der Waals surface area contributed by atoms with Crippen LogP contribution in [-0.4, -0.2) is 11.7 Å². The lowest BCUT2D eigenvalue weighted by Gasteiger charge is -2.10. The molecule has 0 amide bonds. The minimum absolute atomic E-state index is 0.855. The maximum atomic E-state index is 5.80. The fraction of sp³-hybridized carbons (Fsp3) is 0.0476. The molecule has 0 saturated heterocycles. The number of fused-ring (bicyclic) bond motifs is 1. The van der Waals surface area contributed by atoms with Gasteiger partial charge in [0.15, 0.2) is 0 Å². The van der Waals surface area contributed by atoms with Crippen LogP contribution < -0.4 is 4.74 Å². The molecule has 0 atom stereocenters. The summed E-state index contributed by atoms with van der Waals surface area (Å²) in [6, 6.07) is 20.8. The highest BCUT2D eigenvalue weighted by Gasteiger charge is 2.16. The summed E-state index contributed by atoms with van der Waals surface area (Å²) in [5.41, 5.74) is 4.55. The molecular weight excluding hydrogens is 314 g/mol. The highest BCUT2D eigenvalue weighted by Crippen LogP contribution is 2.36. The van der Waals surface area contributed by atoms with Gasteiger partial charge in [0.05, 0.1) is 12.6 Å². The van der Waals surface area contributed by atoms with Gasteiger partial charge < -0.3 is 4.74 Å². The maximum Gasteiger partial charge on any atom is 0.206 e. The number of methoxy groups -OCH3 is 1. The third-order valence-electron chi connectivity index (χ3n) is 4.06. The van der Waals surface area contributed by atoms with Crippen molar-refractivity contribution in [2.45, 2.75) is 0 Å². The van der Waals surface area contributed by atoms with Crippen molar-refractivity contribution in [1.82, 2.24) is 4.57 Å². The fourth-order valence-electron chi connectivity index (χ4n) is 2.99. The van der Waals surface area contributed by atoms with E-state index in [2.05, 4.69) is 69.9 Å². The highest BCUT2D eigenvalue weighted by molar-refractivity contribution is 7.08. The number of para-hydroxylation sites is 2. The largest absolute Gasteiger partial charge is 0.481 e. The average Bonchev–Trinajstić information content (AvgIpc) is 3.26. The van der Waals surface area contributed by atoms with Gasteiger partial charge in [0.2, 0.25) is 5.88 Å². The molecule has 4 aromatic rings. The lowest BCUT2D eigenvalue weighted by atomic mass is 10.1. The standard InChI is InChI=1S/C21H17NOS/c1-23-21-19(12-11-16-13-14-24-15-16)18-9-5-6-10-20(18)22(21)17-7-3-2-4-8-17/h2-15H,1H3/b12-11+. The van der Waals surface area contributed by atoms with Crippen LogP contribution in [0.1, 0.15) is 11.1 Å². The van der Waals surface area contributed by atoms with Crippen LogP contribution >= 0.6 is 11.3 Å². The van der Waals surface area contributed by atoms with Gasteiger partial charge in [-0.1, -0.05) is 42.5 Å². The molecule has 3 heteroatoms. The second kappa shape index (κ2) is 6.38. The molecule has 0 saturated carbocycles. The van der Waals surface area contributed by atoms with Crippen molar-refractivity contribution in [2.24, 2.45) is 0 Å². The van der Waals surface area contributed by atoms with Gasteiger partial charge in [-0.2, -0.15) is 11.3 Å². The summed E-state index contributed by atoms with van der Waals surface area (Å²) in [7, 11) is 1.73. The van der Waals surface area contributed by atoms with Crippen LogP contribution in [0.15, 0.2) is 71.4 Å². The number of benzene rings is 2. The molecule has 2 aromatic heterocycles. The minimum atomic E-state index is 0.855. The van der Waals surface area contributed by atoms with E-state index in [-0.39, 0.29) is 0 Å². The average molecular weight is 331 g/mol. The summed E-state index contributed by atoms with van der Waals surface area (Å²) in [5, 5.41) is 5.41. The summed E-state index contributed by atoms with van der Waals surface area (Å²) in [5.74, 6) is 0.855. The Labute approximate surface area is 145 Å². The minimum Gasteiger partial charge on any atom is -0.481 e. The maximum absolute atomic E-state index is 5.80. The van der Waals surface area contributed by atoms with Crippen LogP contribution in [0, 0.1) is 0 Å². The van der Waals surface area contributed by atoms with Gasteiger partial charge in [0.25, 0.3) is 0 Å². The van der Waals surface area contributed by atoms with Gasteiger partial charge in [0, 0.05) is 16.6 Å². The lowest BCUT2D eigenvalue weighted by molar-refractivity contribution is 0.391. The number of hydrogen-bond donors (Lipinski definition) is 0. The molecule has 0 aliphatic rings. The normalized spacial score (nSPS) is 11.4. The van der Waals surface area contributed by atoms with E-state index in [4.69, 9.17) is 4.74 Å². The van der Waals surface area contributed by atoms with Crippen LogP contribution in [0.5, 0.6) is 5.88 Å². The van der Waals surface area contributed by atoms with Gasteiger partial charge >= 0.3 is 0 Å². The van der Waals surface area contributed by atoms with Crippen LogP contribution in [0.25, 0.3) is 28.7 Å². The molecule has 2 nitrogen and oxygen atoms in total. The van der Waals surface area contributed by atoms with Crippen molar-refractivity contribution >= 4 is 34.4 Å². The van der Waals surface area contributed by atoms with Crippen molar-refractivity contribution < 1.29 is 4.74 Å². The second-order valence-electron chi connectivity index (χ2n) is 5.50. The van der Waals surface area contributed by atoms with Crippen LogP contribution in [-0.2, 0) is 0 Å². The van der Waals surface area contributed by atoms with Gasteiger partial charge in [-0.3, -0.25) is 4.57 Å². The van der Waals surface area contributed by atoms with E-state index in [1.165, 1.54) is 10.9 Å². The predicted molar refractivity (Wildman–Crippen MR) is 103 cm³/mol. The van der Waals surface area contributed by atoms with E-state index in [0.29, 0.717) is 0 Å². The molecule has 2 aromatic carbocycles. The van der Waals surface area contributed by atoms with E-state index in [1.54, 1.807) is 18.4 Å². The Morgan fingerprint density at radius 2 is 1.71 bits per heavy atom. The molecule has 0 fully saturated rings. The third-order valence-corrected chi connectivity index (χ3v) is 4.76. The number of nitrogens with zero attached hydrogens (tertiary/aromatic N) is 1. The first kappa shape index (κ1) is 14.8. The predicted octanol–water partition coefficient (Wildman–Crippen LogP) is 5.87. The molecule has 0 N–H and O–H groups in total. The topological polar surface area (TPSA) is 14.2 Å². The van der Waals surface area contributed by atoms with Crippen molar-refractivity contribution in [3.05, 3.63) is 82.6 Å². The number of hydrogen-bond acceptors (Lipinski definition) is 2. The second-order valence-corrected chi connectivity index (χ2v) is 6.28. The van der Waals surface area contributed by atoms with Crippen molar-refractivity contribution in [3.8, 4) is 11.6 Å². The lowest BCUT2D eigenvalue weighted by Crippen LogP contribution is -1.97. The Morgan fingerprint density at radius 1 is 0.917 bits per heavy atom. The monoisotopic (exact) mass is 331 g/mol. The summed E-state index contributed by atoms with van der Waals surface area (Å²) < 4.78 is 7.97. The van der Waals surface area contributed by atoms with Gasteiger partial charge in [0.1, 0.15) is 0 Å².